The Kier molecular flexibility index (Phi) is 3.81. The molecule has 3 heterocycles. The summed E-state index contributed by atoms with van der Waals surface area (Å²) in [6.07, 6.45) is 0. The van der Waals surface area contributed by atoms with Gasteiger partial charge in [-0.1, -0.05) is 40.9 Å². The standard InChI is InChI=1S/C16H13N5O2S2/c1-3-21-14(23)12(25-16(21)18-15-20-19-8(2)24-15)11-9-6-4-5-7-10(9)17-13(11)22/h4-7,23H,3H2,1-2H3/b18-16+. The summed E-state index contributed by atoms with van der Waals surface area (Å²) in [5, 5.41) is 21.3. The van der Waals surface area contributed by atoms with E-state index in [2.05, 4.69) is 20.2 Å². The second kappa shape index (κ2) is 6.01. The van der Waals surface area contributed by atoms with Crippen molar-refractivity contribution >= 4 is 39.3 Å². The number of thiazole rings is 1. The number of rotatable bonds is 3. The highest BCUT2D eigenvalue weighted by molar-refractivity contribution is 7.15. The van der Waals surface area contributed by atoms with Gasteiger partial charge in [0.1, 0.15) is 9.88 Å². The highest BCUT2D eigenvalue weighted by Crippen LogP contribution is 2.29. The van der Waals surface area contributed by atoms with Gasteiger partial charge in [-0.15, -0.1) is 10.2 Å². The van der Waals surface area contributed by atoms with E-state index in [-0.39, 0.29) is 11.8 Å². The predicted octanol–water partition coefficient (Wildman–Crippen LogP) is 1.03. The van der Waals surface area contributed by atoms with Crippen LogP contribution < -0.4 is 15.4 Å². The molecular weight excluding hydrogens is 358 g/mol. The van der Waals surface area contributed by atoms with Crippen molar-refractivity contribution in [1.82, 2.24) is 14.8 Å². The molecule has 0 saturated carbocycles. The van der Waals surface area contributed by atoms with E-state index >= 15 is 0 Å². The van der Waals surface area contributed by atoms with Gasteiger partial charge in [0.25, 0.3) is 5.91 Å². The van der Waals surface area contributed by atoms with E-state index in [0.717, 1.165) is 10.2 Å². The minimum absolute atomic E-state index is 0.0164. The summed E-state index contributed by atoms with van der Waals surface area (Å²) in [6, 6.07) is 7.30. The van der Waals surface area contributed by atoms with Gasteiger partial charge in [0, 0.05) is 11.8 Å². The smallest absolute Gasteiger partial charge is 0.279 e. The summed E-state index contributed by atoms with van der Waals surface area (Å²) in [5.74, 6) is -0.331. The topological polar surface area (TPSA) is 92.7 Å². The molecule has 1 aliphatic heterocycles. The van der Waals surface area contributed by atoms with Crippen molar-refractivity contribution in [2.24, 2.45) is 9.98 Å². The number of carbonyl (C=O) groups excluding carboxylic acids is 1. The Balaban J connectivity index is 1.99. The van der Waals surface area contributed by atoms with Crippen molar-refractivity contribution < 1.29 is 9.90 Å². The van der Waals surface area contributed by atoms with Crippen LogP contribution in [0.25, 0.3) is 5.57 Å². The summed E-state index contributed by atoms with van der Waals surface area (Å²) in [6.45, 7) is 4.27. The van der Waals surface area contributed by atoms with E-state index in [1.807, 2.05) is 32.0 Å². The Morgan fingerprint density at radius 2 is 2.04 bits per heavy atom. The molecule has 1 aromatic carbocycles. The van der Waals surface area contributed by atoms with E-state index in [4.69, 9.17) is 0 Å². The lowest BCUT2D eigenvalue weighted by Crippen LogP contribution is -2.22. The number of aromatic hydroxyl groups is 1. The van der Waals surface area contributed by atoms with Gasteiger partial charge in [-0.05, 0) is 19.9 Å². The van der Waals surface area contributed by atoms with Gasteiger partial charge < -0.3 is 5.11 Å². The zero-order chi connectivity index (χ0) is 17.6. The molecule has 9 heteroatoms. The van der Waals surface area contributed by atoms with Gasteiger partial charge in [-0.3, -0.25) is 9.36 Å². The van der Waals surface area contributed by atoms with Gasteiger partial charge in [0.2, 0.25) is 11.0 Å². The Bertz CT molecular complexity index is 1190. The number of hydrogen-bond acceptors (Lipinski definition) is 7. The highest BCUT2D eigenvalue weighted by atomic mass is 32.1. The van der Waals surface area contributed by atoms with Crippen LogP contribution in [-0.4, -0.2) is 25.8 Å². The number of fused-ring (bicyclic) bond motifs is 1. The molecular formula is C16H13N5O2S2. The molecule has 0 saturated heterocycles. The Hall–Kier alpha value is -2.65. The fourth-order valence-corrected chi connectivity index (χ4v) is 4.39. The molecule has 1 aliphatic rings. The first-order valence-corrected chi connectivity index (χ1v) is 9.22. The van der Waals surface area contributed by atoms with Crippen LogP contribution >= 0.6 is 22.7 Å². The molecule has 0 spiro atoms. The number of nitrogens with zero attached hydrogens (tertiary/aromatic N) is 5. The number of carbonyl (C=O) groups is 1. The molecule has 0 atom stereocenters. The zero-order valence-corrected chi connectivity index (χ0v) is 15.1. The maximum Gasteiger partial charge on any atom is 0.279 e. The van der Waals surface area contributed by atoms with Crippen molar-refractivity contribution in [1.29, 1.82) is 0 Å². The molecule has 7 nitrogen and oxygen atoms in total. The summed E-state index contributed by atoms with van der Waals surface area (Å²) in [4.78, 5) is 22.0. The number of aromatic nitrogens is 3. The third-order valence-electron chi connectivity index (χ3n) is 3.74. The first-order valence-electron chi connectivity index (χ1n) is 7.58. The third-order valence-corrected chi connectivity index (χ3v) is 5.56. The fraction of sp³-hybridized carbons (Fsp3) is 0.188. The van der Waals surface area contributed by atoms with Gasteiger partial charge >= 0.3 is 0 Å². The zero-order valence-electron chi connectivity index (χ0n) is 13.4. The van der Waals surface area contributed by atoms with Crippen LogP contribution in [-0.2, 0) is 11.3 Å². The van der Waals surface area contributed by atoms with Crippen molar-refractivity contribution in [3.8, 4) is 5.88 Å². The molecule has 3 aromatic rings. The number of para-hydroxylation sites is 1. The van der Waals surface area contributed by atoms with Crippen LogP contribution in [0.15, 0.2) is 34.3 Å². The summed E-state index contributed by atoms with van der Waals surface area (Å²) in [7, 11) is 0. The van der Waals surface area contributed by atoms with Gasteiger partial charge in [-0.25, -0.2) is 4.99 Å². The van der Waals surface area contributed by atoms with Crippen LogP contribution in [0.5, 0.6) is 5.88 Å². The van der Waals surface area contributed by atoms with Crippen molar-refractivity contribution in [2.45, 2.75) is 20.4 Å². The maximum atomic E-state index is 12.4. The summed E-state index contributed by atoms with van der Waals surface area (Å²) in [5.41, 5.74) is 0.412. The Morgan fingerprint density at radius 3 is 2.76 bits per heavy atom. The van der Waals surface area contributed by atoms with E-state index in [9.17, 15) is 9.90 Å². The van der Waals surface area contributed by atoms with Gasteiger partial charge in [0.05, 0.1) is 10.9 Å². The predicted molar refractivity (Wildman–Crippen MR) is 94.3 cm³/mol. The quantitative estimate of drug-likeness (QED) is 0.744. The number of aryl methyl sites for hydroxylation is 1. The van der Waals surface area contributed by atoms with Gasteiger partial charge in [-0.2, -0.15) is 4.99 Å². The molecule has 0 fully saturated rings. The van der Waals surface area contributed by atoms with Crippen LogP contribution in [0.4, 0.5) is 5.13 Å². The van der Waals surface area contributed by atoms with Crippen molar-refractivity contribution in [3.63, 3.8) is 0 Å². The lowest BCUT2D eigenvalue weighted by atomic mass is 10.1. The average molecular weight is 371 g/mol. The second-order valence-corrected chi connectivity index (χ2v) is 7.44. The Labute approximate surface area is 150 Å². The second-order valence-electron chi connectivity index (χ2n) is 5.31. The average Bonchev–Trinajstić information content (AvgIpc) is 3.23. The molecule has 25 heavy (non-hydrogen) atoms. The monoisotopic (exact) mass is 371 g/mol. The van der Waals surface area contributed by atoms with E-state index in [0.29, 0.717) is 32.3 Å². The van der Waals surface area contributed by atoms with Gasteiger partial charge in [0.15, 0.2) is 4.80 Å². The molecule has 1 N–H and O–H groups in total. The van der Waals surface area contributed by atoms with Crippen LogP contribution in [0, 0.1) is 6.92 Å². The lowest BCUT2D eigenvalue weighted by molar-refractivity contribution is -0.112. The molecule has 126 valence electrons. The lowest BCUT2D eigenvalue weighted by Gasteiger charge is -2.01. The van der Waals surface area contributed by atoms with E-state index < -0.39 is 0 Å². The number of hydrogen-bond donors (Lipinski definition) is 1. The van der Waals surface area contributed by atoms with Crippen molar-refractivity contribution in [2.75, 3.05) is 0 Å². The molecule has 1 amide bonds. The first kappa shape index (κ1) is 15.9. The molecule has 0 radical (unpaired) electrons. The summed E-state index contributed by atoms with van der Waals surface area (Å²) >= 11 is 2.62. The molecule has 2 aromatic heterocycles. The van der Waals surface area contributed by atoms with Crippen LogP contribution in [0.2, 0.25) is 0 Å². The maximum absolute atomic E-state index is 12.4. The molecule has 0 bridgehead atoms. The van der Waals surface area contributed by atoms with Crippen molar-refractivity contribution in [3.05, 3.63) is 49.5 Å². The number of benzene rings is 1. The summed E-state index contributed by atoms with van der Waals surface area (Å²) < 4.78 is 1.65. The molecule has 0 unspecified atom stereocenters. The minimum atomic E-state index is -0.348. The number of amides is 1. The van der Waals surface area contributed by atoms with E-state index in [1.54, 1.807) is 10.6 Å². The third kappa shape index (κ3) is 2.61. The van der Waals surface area contributed by atoms with Crippen LogP contribution in [0.1, 0.15) is 16.8 Å². The SMILES string of the molecule is CCn1c(O)c(C2=c3ccccc3=NC2=O)s/c1=N/c1nnc(C)s1. The normalized spacial score (nSPS) is 14.1. The minimum Gasteiger partial charge on any atom is -0.493 e. The van der Waals surface area contributed by atoms with Crippen LogP contribution in [0.3, 0.4) is 0 Å². The Morgan fingerprint density at radius 1 is 1.24 bits per heavy atom. The highest BCUT2D eigenvalue weighted by Gasteiger charge is 2.25. The molecule has 4 rings (SSSR count). The largest absolute Gasteiger partial charge is 0.493 e. The fourth-order valence-electron chi connectivity index (χ4n) is 2.63. The first-order chi connectivity index (χ1) is 12.1. The van der Waals surface area contributed by atoms with E-state index in [1.165, 1.54) is 22.7 Å². The molecule has 0 aliphatic carbocycles.